The number of carbonyl (C=O) groups is 2. The maximum Gasteiger partial charge on any atom is 0.586 e. The summed E-state index contributed by atoms with van der Waals surface area (Å²) in [5.74, 6) is 0.286. The number of carbonyl (C=O) groups excluding carboxylic acids is 2. The second-order valence-corrected chi connectivity index (χ2v) is 9.71. The number of amides is 1. The van der Waals surface area contributed by atoms with Crippen LogP contribution in [-0.4, -0.2) is 60.8 Å². The number of ketones is 1. The molecule has 0 unspecified atom stereocenters. The number of Topliss-reactive ketones (excluding diaryl/α,β-unsaturated/α-hetero) is 1. The summed E-state index contributed by atoms with van der Waals surface area (Å²) in [6, 6.07) is 10.5. The van der Waals surface area contributed by atoms with E-state index < -0.39 is 18.4 Å². The van der Waals surface area contributed by atoms with E-state index in [1.165, 1.54) is 18.2 Å². The third-order valence-electron chi connectivity index (χ3n) is 6.87. The van der Waals surface area contributed by atoms with Crippen LogP contribution in [0, 0.1) is 0 Å². The van der Waals surface area contributed by atoms with Gasteiger partial charge in [0.2, 0.25) is 5.91 Å². The lowest BCUT2D eigenvalue weighted by molar-refractivity contribution is -0.286. The molecule has 0 spiro atoms. The molecule has 2 N–H and O–H groups in total. The molecule has 0 saturated carbocycles. The highest BCUT2D eigenvalue weighted by Crippen LogP contribution is 2.42. The molecule has 10 heteroatoms. The normalized spacial score (nSPS) is 17.7. The second-order valence-electron chi connectivity index (χ2n) is 9.71. The van der Waals surface area contributed by atoms with Gasteiger partial charge in [0.25, 0.3) is 0 Å². The third kappa shape index (κ3) is 7.41. The van der Waals surface area contributed by atoms with E-state index in [9.17, 15) is 23.5 Å². The molecule has 0 aliphatic carbocycles. The Morgan fingerprint density at radius 1 is 1.03 bits per heavy atom. The maximum atomic E-state index is 13.4. The molecule has 0 bridgehead atoms. The number of benzene rings is 2. The average molecular weight is 533 g/mol. The van der Waals surface area contributed by atoms with Gasteiger partial charge >= 0.3 is 6.29 Å². The standard InChI is InChI=1S/C28H34F2N2O6/c1-36-21-12-9-19(10-13-21)23(33)7-3-2-4-8-26(34)31-22(18-32-15-5-6-16-32)27(35)20-11-14-24-25(17-20)38-28(29,30)37-24/h9-14,17,22,27,35H,2-8,15-16,18H2,1H3,(H,31,34)/t22-,27-/m1/s1. The predicted octanol–water partition coefficient (Wildman–Crippen LogP) is 4.46. The highest BCUT2D eigenvalue weighted by atomic mass is 19.3. The molecule has 2 atom stereocenters. The Morgan fingerprint density at radius 2 is 1.71 bits per heavy atom. The molecular weight excluding hydrogens is 498 g/mol. The molecule has 206 valence electrons. The molecule has 2 aliphatic heterocycles. The van der Waals surface area contributed by atoms with Crippen LogP contribution in [0.1, 0.15) is 67.0 Å². The summed E-state index contributed by atoms with van der Waals surface area (Å²) in [6.07, 6.45) is -0.131. The SMILES string of the molecule is COc1ccc(C(=O)CCCCCC(=O)N[C@H](CN2CCCC2)[C@H](O)c2ccc3c(c2)OC(F)(F)O3)cc1. The van der Waals surface area contributed by atoms with E-state index in [1.54, 1.807) is 31.4 Å². The lowest BCUT2D eigenvalue weighted by Gasteiger charge is -2.29. The van der Waals surface area contributed by atoms with Crippen LogP contribution >= 0.6 is 0 Å². The van der Waals surface area contributed by atoms with Gasteiger partial charge in [0, 0.05) is 24.9 Å². The van der Waals surface area contributed by atoms with Crippen LogP contribution in [0.3, 0.4) is 0 Å². The van der Waals surface area contributed by atoms with Crippen LogP contribution in [0.4, 0.5) is 8.78 Å². The molecule has 2 aliphatic rings. The number of ether oxygens (including phenoxy) is 3. The molecule has 1 amide bonds. The molecule has 0 radical (unpaired) electrons. The molecule has 4 rings (SSSR count). The van der Waals surface area contributed by atoms with E-state index in [-0.39, 0.29) is 29.6 Å². The zero-order valence-electron chi connectivity index (χ0n) is 21.5. The van der Waals surface area contributed by atoms with Gasteiger partial charge in [-0.1, -0.05) is 12.5 Å². The van der Waals surface area contributed by atoms with Crippen molar-refractivity contribution in [3.8, 4) is 17.2 Å². The van der Waals surface area contributed by atoms with E-state index in [0.29, 0.717) is 49.1 Å². The summed E-state index contributed by atoms with van der Waals surface area (Å²) in [5.41, 5.74) is 0.987. The first-order valence-corrected chi connectivity index (χ1v) is 13.0. The molecule has 2 aromatic carbocycles. The number of hydrogen-bond donors (Lipinski definition) is 2. The first kappa shape index (κ1) is 27.8. The van der Waals surface area contributed by atoms with Crippen LogP contribution in [0.15, 0.2) is 42.5 Å². The minimum absolute atomic E-state index is 0.0485. The Morgan fingerprint density at radius 3 is 2.42 bits per heavy atom. The van der Waals surface area contributed by atoms with Gasteiger partial charge in [-0.15, -0.1) is 8.78 Å². The number of aliphatic hydroxyl groups is 1. The number of fused-ring (bicyclic) bond motifs is 1. The van der Waals surface area contributed by atoms with Crippen LogP contribution in [0.25, 0.3) is 0 Å². The lowest BCUT2D eigenvalue weighted by Crippen LogP contribution is -2.46. The van der Waals surface area contributed by atoms with E-state index in [4.69, 9.17) is 4.74 Å². The van der Waals surface area contributed by atoms with Crippen molar-refractivity contribution in [2.75, 3.05) is 26.7 Å². The van der Waals surface area contributed by atoms with Gasteiger partial charge in [-0.25, -0.2) is 0 Å². The summed E-state index contributed by atoms with van der Waals surface area (Å²) in [5, 5.41) is 14.0. The van der Waals surface area contributed by atoms with Gasteiger partial charge in [0.15, 0.2) is 17.3 Å². The number of nitrogens with zero attached hydrogens (tertiary/aromatic N) is 1. The second kappa shape index (κ2) is 12.5. The van der Waals surface area contributed by atoms with Gasteiger partial charge in [0.05, 0.1) is 13.2 Å². The minimum atomic E-state index is -3.74. The summed E-state index contributed by atoms with van der Waals surface area (Å²) in [7, 11) is 1.57. The number of unbranched alkanes of at least 4 members (excludes halogenated alkanes) is 2. The number of alkyl halides is 2. The first-order chi connectivity index (χ1) is 18.2. The van der Waals surface area contributed by atoms with E-state index in [1.807, 2.05) is 0 Å². The van der Waals surface area contributed by atoms with Crippen molar-refractivity contribution in [2.45, 2.75) is 63.4 Å². The van der Waals surface area contributed by atoms with Crippen molar-refractivity contribution in [3.63, 3.8) is 0 Å². The van der Waals surface area contributed by atoms with E-state index in [2.05, 4.69) is 19.7 Å². The van der Waals surface area contributed by atoms with E-state index in [0.717, 1.165) is 25.9 Å². The molecular formula is C28H34F2N2O6. The molecule has 38 heavy (non-hydrogen) atoms. The van der Waals surface area contributed by atoms with Gasteiger partial charge < -0.3 is 29.5 Å². The summed E-state index contributed by atoms with van der Waals surface area (Å²) >= 11 is 0. The number of nitrogens with one attached hydrogen (secondary N) is 1. The Bertz CT molecular complexity index is 1110. The van der Waals surface area contributed by atoms with Crippen molar-refractivity contribution in [1.82, 2.24) is 10.2 Å². The Labute approximate surface area is 220 Å². The van der Waals surface area contributed by atoms with Crippen molar-refractivity contribution in [3.05, 3.63) is 53.6 Å². The fourth-order valence-corrected chi connectivity index (χ4v) is 4.80. The molecule has 8 nitrogen and oxygen atoms in total. The van der Waals surface area contributed by atoms with Crippen molar-refractivity contribution in [2.24, 2.45) is 0 Å². The number of halogens is 2. The van der Waals surface area contributed by atoms with Crippen molar-refractivity contribution in [1.29, 1.82) is 0 Å². The van der Waals surface area contributed by atoms with Crippen molar-refractivity contribution < 1.29 is 37.7 Å². The van der Waals surface area contributed by atoms with E-state index >= 15 is 0 Å². The van der Waals surface area contributed by atoms with Gasteiger partial charge in [-0.05, 0) is 80.7 Å². The quantitative estimate of drug-likeness (QED) is 0.290. The number of aliphatic hydroxyl groups excluding tert-OH is 1. The average Bonchev–Trinajstić information content (AvgIpc) is 3.52. The fourth-order valence-electron chi connectivity index (χ4n) is 4.80. The zero-order valence-corrected chi connectivity index (χ0v) is 21.5. The van der Waals surface area contributed by atoms with Crippen LogP contribution in [0.2, 0.25) is 0 Å². The number of methoxy groups -OCH3 is 1. The number of rotatable bonds is 13. The molecule has 2 aromatic rings. The molecule has 1 fully saturated rings. The lowest BCUT2D eigenvalue weighted by atomic mass is 10.0. The topological polar surface area (TPSA) is 97.3 Å². The maximum absolute atomic E-state index is 13.4. The molecule has 2 heterocycles. The monoisotopic (exact) mass is 532 g/mol. The molecule has 0 aromatic heterocycles. The number of likely N-dealkylation sites (tertiary alicyclic amines) is 1. The first-order valence-electron chi connectivity index (χ1n) is 13.0. The Balaban J connectivity index is 1.27. The predicted molar refractivity (Wildman–Crippen MR) is 136 cm³/mol. The summed E-state index contributed by atoms with van der Waals surface area (Å²) < 4.78 is 40.9. The summed E-state index contributed by atoms with van der Waals surface area (Å²) in [6.45, 7) is 2.18. The molecule has 1 saturated heterocycles. The summed E-state index contributed by atoms with van der Waals surface area (Å²) in [4.78, 5) is 27.3. The number of hydrogen-bond acceptors (Lipinski definition) is 7. The highest BCUT2D eigenvalue weighted by molar-refractivity contribution is 5.96. The van der Waals surface area contributed by atoms with Crippen LogP contribution in [-0.2, 0) is 4.79 Å². The van der Waals surface area contributed by atoms with Crippen LogP contribution in [0.5, 0.6) is 17.2 Å². The third-order valence-corrected chi connectivity index (χ3v) is 6.87. The van der Waals surface area contributed by atoms with Gasteiger partial charge in [0.1, 0.15) is 11.9 Å². The van der Waals surface area contributed by atoms with Crippen LogP contribution < -0.4 is 19.5 Å². The largest absolute Gasteiger partial charge is 0.586 e. The Kier molecular flexibility index (Phi) is 9.17. The fraction of sp³-hybridized carbons (Fsp3) is 0.500. The Hall–Kier alpha value is -3.24. The van der Waals surface area contributed by atoms with Gasteiger partial charge in [-0.2, -0.15) is 0 Å². The zero-order chi connectivity index (χ0) is 27.1. The van der Waals surface area contributed by atoms with Crippen molar-refractivity contribution >= 4 is 11.7 Å². The van der Waals surface area contributed by atoms with Gasteiger partial charge in [-0.3, -0.25) is 9.59 Å². The smallest absolute Gasteiger partial charge is 0.497 e. The highest BCUT2D eigenvalue weighted by Gasteiger charge is 2.43. The minimum Gasteiger partial charge on any atom is -0.497 e.